The van der Waals surface area contributed by atoms with Crippen LogP contribution in [-0.4, -0.2) is 46.3 Å². The van der Waals surface area contributed by atoms with Crippen molar-refractivity contribution in [3.8, 4) is 0 Å². The van der Waals surface area contributed by atoms with E-state index in [0.717, 1.165) is 6.42 Å². The van der Waals surface area contributed by atoms with Gasteiger partial charge in [-0.05, 0) is 39.7 Å². The van der Waals surface area contributed by atoms with Gasteiger partial charge in [0.25, 0.3) is 0 Å². The van der Waals surface area contributed by atoms with Crippen molar-refractivity contribution >= 4 is 17.7 Å². The quantitative estimate of drug-likeness (QED) is 0.524. The van der Waals surface area contributed by atoms with Gasteiger partial charge in [-0.1, -0.05) is 20.8 Å². The molecular weight excluding hydrogens is 332 g/mol. The van der Waals surface area contributed by atoms with Gasteiger partial charge in [-0.25, -0.2) is 4.79 Å². The molecule has 1 atom stereocenters. The van der Waals surface area contributed by atoms with Crippen LogP contribution in [0.25, 0.3) is 0 Å². The highest BCUT2D eigenvalue weighted by molar-refractivity contribution is 6.06. The molecule has 26 heavy (non-hydrogen) atoms. The van der Waals surface area contributed by atoms with E-state index < -0.39 is 12.0 Å². The molecular formula is C20H32N2O4. The molecule has 0 saturated carbocycles. The average Bonchev–Trinajstić information content (AvgIpc) is 2.80. The minimum Gasteiger partial charge on any atom is -0.461 e. The maximum Gasteiger partial charge on any atom is 0.355 e. The molecule has 0 fully saturated rings. The van der Waals surface area contributed by atoms with Gasteiger partial charge in [-0.2, -0.15) is 0 Å². The Balaban J connectivity index is 3.33. The highest BCUT2D eigenvalue weighted by atomic mass is 16.5. The average molecular weight is 364 g/mol. The third-order valence-electron chi connectivity index (χ3n) is 4.73. The van der Waals surface area contributed by atoms with Gasteiger partial charge >= 0.3 is 5.97 Å². The van der Waals surface area contributed by atoms with E-state index in [4.69, 9.17) is 4.74 Å². The van der Waals surface area contributed by atoms with Crippen LogP contribution in [-0.2, 0) is 16.6 Å². The standard InChI is InChI=1S/C20H32N2O4/c1-9-11-22(19(24)12(3)4)15(7)18(23)16-13(5)17(20(25)26-10-2)21(8)14(16)6/h12,15H,9-11H2,1-8H3. The molecule has 1 amide bonds. The maximum absolute atomic E-state index is 13.2. The summed E-state index contributed by atoms with van der Waals surface area (Å²) < 4.78 is 6.81. The second kappa shape index (κ2) is 9.01. The van der Waals surface area contributed by atoms with Crippen LogP contribution in [0.15, 0.2) is 0 Å². The molecule has 1 heterocycles. The summed E-state index contributed by atoms with van der Waals surface area (Å²) in [5.74, 6) is -0.797. The van der Waals surface area contributed by atoms with E-state index >= 15 is 0 Å². The van der Waals surface area contributed by atoms with Gasteiger partial charge < -0.3 is 14.2 Å². The summed E-state index contributed by atoms with van der Waals surface area (Å²) in [6.07, 6.45) is 0.775. The zero-order valence-electron chi connectivity index (χ0n) is 17.3. The number of Topliss-reactive ketones (excluding diaryl/α,β-unsaturated/α-hetero) is 1. The molecule has 0 aliphatic carbocycles. The van der Waals surface area contributed by atoms with Gasteiger partial charge in [0.2, 0.25) is 5.91 Å². The van der Waals surface area contributed by atoms with Gasteiger partial charge in [-0.3, -0.25) is 9.59 Å². The molecule has 0 radical (unpaired) electrons. The monoisotopic (exact) mass is 364 g/mol. The summed E-state index contributed by atoms with van der Waals surface area (Å²) in [5.41, 5.74) is 2.20. The van der Waals surface area contributed by atoms with Crippen LogP contribution in [0.2, 0.25) is 0 Å². The fourth-order valence-electron chi connectivity index (χ4n) is 3.25. The number of esters is 1. The van der Waals surface area contributed by atoms with Crippen LogP contribution in [0.3, 0.4) is 0 Å². The van der Waals surface area contributed by atoms with Crippen molar-refractivity contribution in [2.45, 2.75) is 60.9 Å². The van der Waals surface area contributed by atoms with Crippen molar-refractivity contribution in [3.05, 3.63) is 22.5 Å². The first kappa shape index (κ1) is 21.9. The molecule has 0 saturated heterocycles. The predicted octanol–water partition coefficient (Wildman–Crippen LogP) is 3.28. The van der Waals surface area contributed by atoms with Gasteiger partial charge in [0.1, 0.15) is 5.69 Å². The normalized spacial score (nSPS) is 12.2. The third-order valence-corrected chi connectivity index (χ3v) is 4.73. The van der Waals surface area contributed by atoms with E-state index in [2.05, 4.69) is 0 Å². The summed E-state index contributed by atoms with van der Waals surface area (Å²) in [6, 6.07) is -0.584. The molecule has 0 aromatic carbocycles. The highest BCUT2D eigenvalue weighted by Crippen LogP contribution is 2.25. The molecule has 1 unspecified atom stereocenters. The number of hydrogen-bond donors (Lipinski definition) is 0. The zero-order chi connectivity index (χ0) is 20.2. The molecule has 6 nitrogen and oxygen atoms in total. The minimum atomic E-state index is -0.584. The number of rotatable bonds is 8. The van der Waals surface area contributed by atoms with Gasteiger partial charge in [0.05, 0.1) is 12.6 Å². The number of ether oxygens (including phenoxy) is 1. The third kappa shape index (κ3) is 4.17. The van der Waals surface area contributed by atoms with Crippen LogP contribution < -0.4 is 0 Å². The van der Waals surface area contributed by atoms with Crippen molar-refractivity contribution < 1.29 is 19.1 Å². The van der Waals surface area contributed by atoms with E-state index in [1.165, 1.54) is 0 Å². The summed E-state index contributed by atoms with van der Waals surface area (Å²) in [6.45, 7) is 13.5. The molecule has 1 aromatic heterocycles. The van der Waals surface area contributed by atoms with Crippen LogP contribution in [0.1, 0.15) is 73.1 Å². The Hall–Kier alpha value is -2.11. The Kier molecular flexibility index (Phi) is 7.60. The lowest BCUT2D eigenvalue weighted by Crippen LogP contribution is -2.45. The van der Waals surface area contributed by atoms with Crippen LogP contribution in [0.4, 0.5) is 0 Å². The smallest absolute Gasteiger partial charge is 0.355 e. The second-order valence-corrected chi connectivity index (χ2v) is 6.94. The van der Waals surface area contributed by atoms with Gasteiger partial charge in [0.15, 0.2) is 5.78 Å². The molecule has 0 aliphatic rings. The molecule has 0 bridgehead atoms. The number of amides is 1. The highest BCUT2D eigenvalue weighted by Gasteiger charge is 2.32. The number of ketones is 1. The Labute approximate surface area is 156 Å². The SMILES string of the molecule is CCCN(C(=O)C(C)C)C(C)C(=O)c1c(C)c(C(=O)OCC)n(C)c1C. The molecule has 0 N–H and O–H groups in total. The van der Waals surface area contributed by atoms with Crippen LogP contribution in [0.5, 0.6) is 0 Å². The molecule has 146 valence electrons. The Morgan fingerprint density at radius 2 is 1.69 bits per heavy atom. The van der Waals surface area contributed by atoms with E-state index in [0.29, 0.717) is 29.1 Å². The predicted molar refractivity (Wildman–Crippen MR) is 101 cm³/mol. The summed E-state index contributed by atoms with van der Waals surface area (Å²) in [5, 5.41) is 0. The minimum absolute atomic E-state index is 0.0375. The number of carbonyl (C=O) groups excluding carboxylic acids is 3. The fraction of sp³-hybridized carbons (Fsp3) is 0.650. The van der Waals surface area contributed by atoms with E-state index in [1.807, 2.05) is 27.7 Å². The van der Waals surface area contributed by atoms with Crippen molar-refractivity contribution in [2.24, 2.45) is 13.0 Å². The summed E-state index contributed by atoms with van der Waals surface area (Å²) in [4.78, 5) is 39.7. The summed E-state index contributed by atoms with van der Waals surface area (Å²) in [7, 11) is 1.75. The number of carbonyl (C=O) groups is 3. The first-order valence-electron chi connectivity index (χ1n) is 9.27. The van der Waals surface area contributed by atoms with Crippen molar-refractivity contribution in [3.63, 3.8) is 0 Å². The van der Waals surface area contributed by atoms with Crippen LogP contribution >= 0.6 is 0 Å². The Morgan fingerprint density at radius 3 is 2.15 bits per heavy atom. The van der Waals surface area contributed by atoms with Crippen molar-refractivity contribution in [2.75, 3.05) is 13.2 Å². The lowest BCUT2D eigenvalue weighted by Gasteiger charge is -2.30. The zero-order valence-corrected chi connectivity index (χ0v) is 17.3. The largest absolute Gasteiger partial charge is 0.461 e. The first-order valence-corrected chi connectivity index (χ1v) is 9.27. The van der Waals surface area contributed by atoms with E-state index in [9.17, 15) is 14.4 Å². The van der Waals surface area contributed by atoms with E-state index in [1.54, 1.807) is 37.3 Å². The number of aromatic nitrogens is 1. The van der Waals surface area contributed by atoms with Gasteiger partial charge in [-0.15, -0.1) is 0 Å². The fourth-order valence-corrected chi connectivity index (χ4v) is 3.25. The first-order chi connectivity index (χ1) is 12.1. The lowest BCUT2D eigenvalue weighted by atomic mass is 9.99. The Bertz CT molecular complexity index is 688. The lowest BCUT2D eigenvalue weighted by molar-refractivity contribution is -0.135. The van der Waals surface area contributed by atoms with Gasteiger partial charge in [0, 0.05) is 30.8 Å². The maximum atomic E-state index is 13.2. The molecule has 0 aliphatic heterocycles. The molecule has 0 spiro atoms. The van der Waals surface area contributed by atoms with Crippen LogP contribution in [0, 0.1) is 19.8 Å². The summed E-state index contributed by atoms with van der Waals surface area (Å²) >= 11 is 0. The molecule has 1 rings (SSSR count). The Morgan fingerprint density at radius 1 is 1.12 bits per heavy atom. The molecule has 6 heteroatoms. The topological polar surface area (TPSA) is 68.6 Å². The second-order valence-electron chi connectivity index (χ2n) is 6.94. The molecule has 1 aromatic rings. The van der Waals surface area contributed by atoms with Crippen molar-refractivity contribution in [1.29, 1.82) is 0 Å². The van der Waals surface area contributed by atoms with Crippen molar-refractivity contribution in [1.82, 2.24) is 9.47 Å². The number of nitrogens with zero attached hydrogens (tertiary/aromatic N) is 2. The number of hydrogen-bond acceptors (Lipinski definition) is 4. The van der Waals surface area contributed by atoms with E-state index in [-0.39, 0.29) is 24.2 Å².